The smallest absolute Gasteiger partial charge is 0.328 e. The van der Waals surface area contributed by atoms with Gasteiger partial charge in [-0.1, -0.05) is 17.7 Å². The number of halogens is 4. The Labute approximate surface area is 379 Å². The van der Waals surface area contributed by atoms with Crippen molar-refractivity contribution in [3.05, 3.63) is 75.6 Å². The number of likely N-dealkylation sites (tertiary alicyclic amines) is 3. The van der Waals surface area contributed by atoms with E-state index in [4.69, 9.17) is 16.7 Å². The largest absolute Gasteiger partial charge is 0.385 e. The molecule has 2 aromatic carbocycles. The maximum atomic E-state index is 16.3. The Morgan fingerprint density at radius 2 is 1.68 bits per heavy atom. The summed E-state index contributed by atoms with van der Waals surface area (Å²) in [5, 5.41) is 13.3. The average Bonchev–Trinajstić information content (AvgIpc) is 3.60. The lowest BCUT2D eigenvalue weighted by molar-refractivity contribution is -0.139. The molecule has 2 aromatic heterocycles. The van der Waals surface area contributed by atoms with E-state index in [0.29, 0.717) is 98.5 Å². The van der Waals surface area contributed by atoms with Crippen molar-refractivity contribution >= 4 is 63.9 Å². The van der Waals surface area contributed by atoms with Gasteiger partial charge in [0.25, 0.3) is 17.7 Å². The van der Waals surface area contributed by atoms with Gasteiger partial charge in [-0.15, -0.1) is 5.10 Å². The zero-order valence-electron chi connectivity index (χ0n) is 36.5. The van der Waals surface area contributed by atoms with Gasteiger partial charge in [0.05, 0.1) is 41.2 Å². The predicted molar refractivity (Wildman–Crippen MR) is 239 cm³/mol. The molecule has 1 spiro atoms. The Bertz CT molecular complexity index is 2570. The third-order valence-electron chi connectivity index (χ3n) is 14.8. The van der Waals surface area contributed by atoms with Crippen LogP contribution in [0.4, 0.5) is 40.8 Å². The zero-order chi connectivity index (χ0) is 45.4. The number of benzene rings is 2. The van der Waals surface area contributed by atoms with Gasteiger partial charge in [0.1, 0.15) is 6.17 Å². The van der Waals surface area contributed by atoms with E-state index >= 15 is 8.78 Å². The molecular weight excluding hydrogens is 863 g/mol. The van der Waals surface area contributed by atoms with Gasteiger partial charge < -0.3 is 20.4 Å². The van der Waals surface area contributed by atoms with Crippen LogP contribution in [0.2, 0.25) is 5.02 Å². The summed E-state index contributed by atoms with van der Waals surface area (Å²) in [5.41, 5.74) is 6.30. The number of imide groups is 1. The number of imidazole rings is 1. The van der Waals surface area contributed by atoms with Crippen LogP contribution in [-0.2, 0) is 17.8 Å². The maximum Gasteiger partial charge on any atom is 0.328 e. The highest BCUT2D eigenvalue weighted by molar-refractivity contribution is 6.34. The molecule has 1 aliphatic carbocycles. The first-order chi connectivity index (χ1) is 31.2. The van der Waals surface area contributed by atoms with E-state index in [1.165, 1.54) is 15.6 Å². The van der Waals surface area contributed by atoms with Crippen LogP contribution in [0, 0.1) is 12.3 Å². The average molecular weight is 916 g/mol. The molecule has 4 saturated heterocycles. The molecule has 65 heavy (non-hydrogen) atoms. The first-order valence-corrected chi connectivity index (χ1v) is 23.0. The van der Waals surface area contributed by atoms with Crippen LogP contribution in [0.3, 0.4) is 0 Å². The molecule has 5 fully saturated rings. The fourth-order valence-electron chi connectivity index (χ4n) is 10.7. The fraction of sp³-hybridized carbons (Fsp3) is 0.522. The Kier molecular flexibility index (Phi) is 11.2. The number of alkyl halides is 3. The lowest BCUT2D eigenvalue weighted by Gasteiger charge is -2.51. The first kappa shape index (κ1) is 43.4. The van der Waals surface area contributed by atoms with Crippen molar-refractivity contribution in [2.45, 2.75) is 89.0 Å². The monoisotopic (exact) mass is 915 g/mol. The summed E-state index contributed by atoms with van der Waals surface area (Å²) < 4.78 is 47.7. The predicted octanol–water partition coefficient (Wildman–Crippen LogP) is 5.94. The van der Waals surface area contributed by atoms with E-state index in [1.54, 1.807) is 25.2 Å². The maximum absolute atomic E-state index is 16.3. The number of nitrogens with one attached hydrogen (secondary N) is 3. The van der Waals surface area contributed by atoms with Gasteiger partial charge >= 0.3 is 6.03 Å². The van der Waals surface area contributed by atoms with Crippen molar-refractivity contribution in [1.29, 1.82) is 0 Å². The summed E-state index contributed by atoms with van der Waals surface area (Å²) in [7, 11) is 1.77. The molecule has 344 valence electrons. The number of rotatable bonds is 9. The van der Waals surface area contributed by atoms with Gasteiger partial charge in [-0.3, -0.25) is 34.4 Å². The molecule has 19 heteroatoms. The number of urea groups is 1. The molecule has 2 unspecified atom stereocenters. The highest BCUT2D eigenvalue weighted by atomic mass is 35.5. The van der Waals surface area contributed by atoms with E-state index in [0.717, 1.165) is 48.1 Å². The number of aryl methyl sites for hydroxylation is 1. The van der Waals surface area contributed by atoms with Crippen LogP contribution in [-0.4, -0.2) is 137 Å². The van der Waals surface area contributed by atoms with E-state index in [-0.39, 0.29) is 42.4 Å². The van der Waals surface area contributed by atoms with Gasteiger partial charge in [0.2, 0.25) is 5.91 Å². The van der Waals surface area contributed by atoms with Gasteiger partial charge in [0, 0.05) is 76.5 Å². The van der Waals surface area contributed by atoms with E-state index in [1.807, 2.05) is 39.8 Å². The number of piperidine rings is 3. The lowest BCUT2D eigenvalue weighted by Crippen LogP contribution is -2.60. The zero-order valence-corrected chi connectivity index (χ0v) is 37.3. The number of carbonyl (C=O) groups is 4. The molecular formula is C46H53ClF3N11O4. The molecule has 7 heterocycles. The van der Waals surface area contributed by atoms with E-state index in [9.17, 15) is 23.6 Å². The standard InChI is InChI=1S/C46H53ClF3N11O4/c1-27-3-6-35-29(7-15-59(35)39-23-34(51-2)41-52-24-37(61(41)55-39)42(63)53-33-22-32(33)48)30(27)25-56-14-8-38(46(49,50)26-56)57-17-10-45(11-18-57)12-19-58(20-13-45)43(64)28-4-5-31(47)36(21-28)60-16-9-40(62)54-44(60)65/h3-6,21,23-24,32-33,38,51H,7-20,22,25-26H2,1-2H3,(H,53,63)(H,54,62,65)/t32-,33?,38?/m0/s1. The van der Waals surface area contributed by atoms with Crippen molar-refractivity contribution in [3.8, 4) is 0 Å². The molecule has 0 bridgehead atoms. The number of fused-ring (bicyclic) bond motifs is 2. The highest BCUT2D eigenvalue weighted by Gasteiger charge is 2.50. The second kappa shape index (κ2) is 16.8. The first-order valence-electron chi connectivity index (χ1n) is 22.7. The third kappa shape index (κ3) is 8.15. The summed E-state index contributed by atoms with van der Waals surface area (Å²) in [4.78, 5) is 64.5. The van der Waals surface area contributed by atoms with Gasteiger partial charge in [-0.25, -0.2) is 27.5 Å². The lowest BCUT2D eigenvalue weighted by atomic mass is 9.70. The summed E-state index contributed by atoms with van der Waals surface area (Å²) in [6, 6.07) is 8.93. The number of carbonyl (C=O) groups excluding carboxylic acids is 4. The number of nitrogens with zero attached hydrogens (tertiary/aromatic N) is 8. The number of hydrogen-bond donors (Lipinski definition) is 3. The summed E-state index contributed by atoms with van der Waals surface area (Å²) in [6.45, 7) is 5.76. The van der Waals surface area contributed by atoms with Gasteiger partial charge in [0.15, 0.2) is 17.2 Å². The summed E-state index contributed by atoms with van der Waals surface area (Å²) >= 11 is 6.42. The molecule has 5 aliphatic heterocycles. The normalized spacial score (nSPS) is 24.3. The Hall–Kier alpha value is -5.46. The van der Waals surface area contributed by atoms with Crippen molar-refractivity contribution < 1.29 is 32.3 Å². The number of amides is 5. The molecule has 10 rings (SSSR count). The van der Waals surface area contributed by atoms with Crippen LogP contribution in [0.15, 0.2) is 42.6 Å². The minimum atomic E-state index is -2.90. The molecule has 4 aromatic rings. The second-order valence-electron chi connectivity index (χ2n) is 18.7. The van der Waals surface area contributed by atoms with Crippen LogP contribution < -0.4 is 25.8 Å². The number of aromatic nitrogens is 3. The second-order valence-corrected chi connectivity index (χ2v) is 19.1. The van der Waals surface area contributed by atoms with Crippen molar-refractivity contribution in [3.63, 3.8) is 0 Å². The highest BCUT2D eigenvalue weighted by Crippen LogP contribution is 2.45. The van der Waals surface area contributed by atoms with Crippen molar-refractivity contribution in [2.24, 2.45) is 5.41 Å². The van der Waals surface area contributed by atoms with Crippen LogP contribution in [0.1, 0.15) is 82.5 Å². The summed E-state index contributed by atoms with van der Waals surface area (Å²) in [6.07, 6.45) is 5.11. The molecule has 6 aliphatic rings. The SMILES string of the molecule is CNc1cc(N2CCc3c2ccc(C)c3CN2CCC(N3CCC4(CCN(C(=O)c5ccc(Cl)c(N6CCC(=O)NC6=O)c5)CC4)CC3)C(F)(F)C2)nn2c(C(=O)NC3C[C@@H]3F)cnc12. The molecule has 5 amide bonds. The minimum Gasteiger partial charge on any atom is -0.385 e. The Morgan fingerprint density at radius 3 is 2.38 bits per heavy atom. The van der Waals surface area contributed by atoms with E-state index in [2.05, 4.69) is 25.8 Å². The third-order valence-corrected chi connectivity index (χ3v) is 15.1. The van der Waals surface area contributed by atoms with Crippen molar-refractivity contribution in [2.75, 3.05) is 74.5 Å². The topological polar surface area (TPSA) is 151 Å². The summed E-state index contributed by atoms with van der Waals surface area (Å²) in [5.74, 6) is -3.25. The molecule has 0 radical (unpaired) electrons. The molecule has 3 N–H and O–H groups in total. The minimum absolute atomic E-state index is 0.00605. The molecule has 15 nitrogen and oxygen atoms in total. The van der Waals surface area contributed by atoms with Crippen LogP contribution in [0.5, 0.6) is 0 Å². The quantitative estimate of drug-likeness (QED) is 0.184. The number of anilines is 4. The fourth-order valence-corrected chi connectivity index (χ4v) is 11.0. The number of hydrogen-bond acceptors (Lipinski definition) is 10. The molecule has 3 atom stereocenters. The van der Waals surface area contributed by atoms with Crippen molar-refractivity contribution in [1.82, 2.24) is 39.9 Å². The van der Waals surface area contributed by atoms with Gasteiger partial charge in [-0.05, 0) is 105 Å². The Balaban J connectivity index is 0.758. The Morgan fingerprint density at radius 1 is 0.938 bits per heavy atom. The van der Waals surface area contributed by atoms with Gasteiger partial charge in [-0.2, -0.15) is 0 Å². The van der Waals surface area contributed by atoms with Crippen LogP contribution in [0.25, 0.3) is 5.65 Å². The van der Waals surface area contributed by atoms with E-state index < -0.39 is 36.1 Å². The molecule has 1 saturated carbocycles. The van der Waals surface area contributed by atoms with Crippen LogP contribution >= 0.6 is 11.6 Å².